The molecule has 21 heavy (non-hydrogen) atoms. The lowest BCUT2D eigenvalue weighted by molar-refractivity contribution is 0.616. The van der Waals surface area contributed by atoms with Gasteiger partial charge in [-0.2, -0.15) is 0 Å². The summed E-state index contributed by atoms with van der Waals surface area (Å²) in [6.07, 6.45) is 0.988. The molecule has 2 heteroatoms. The second kappa shape index (κ2) is 5.36. The lowest BCUT2D eigenvalue weighted by Crippen LogP contribution is -2.05. The molecular formula is C19H22N2. The molecule has 0 radical (unpaired) electrons. The van der Waals surface area contributed by atoms with E-state index in [0.29, 0.717) is 5.92 Å². The van der Waals surface area contributed by atoms with Crippen LogP contribution in [0, 0.1) is 19.8 Å². The Morgan fingerprint density at radius 1 is 0.952 bits per heavy atom. The van der Waals surface area contributed by atoms with E-state index >= 15 is 0 Å². The minimum atomic E-state index is 0.590. The van der Waals surface area contributed by atoms with Crippen LogP contribution in [0.1, 0.15) is 30.8 Å². The summed E-state index contributed by atoms with van der Waals surface area (Å²) in [5.74, 6) is 1.74. The molecule has 3 aromatic rings. The van der Waals surface area contributed by atoms with E-state index in [1.54, 1.807) is 0 Å². The highest BCUT2D eigenvalue weighted by molar-refractivity contribution is 5.79. The van der Waals surface area contributed by atoms with Crippen LogP contribution in [0.15, 0.2) is 42.5 Å². The van der Waals surface area contributed by atoms with Crippen molar-refractivity contribution in [1.29, 1.82) is 0 Å². The monoisotopic (exact) mass is 278 g/mol. The summed E-state index contributed by atoms with van der Waals surface area (Å²) < 4.78 is 2.31. The number of rotatable bonds is 3. The van der Waals surface area contributed by atoms with Gasteiger partial charge in [-0.1, -0.05) is 37.6 Å². The molecule has 2 aromatic carbocycles. The molecule has 0 saturated heterocycles. The number of fused-ring (bicyclic) bond motifs is 1. The molecule has 0 unspecified atom stereocenters. The van der Waals surface area contributed by atoms with Crippen LogP contribution in [0.25, 0.3) is 16.7 Å². The minimum absolute atomic E-state index is 0.590. The van der Waals surface area contributed by atoms with Crippen molar-refractivity contribution in [3.63, 3.8) is 0 Å². The van der Waals surface area contributed by atoms with Gasteiger partial charge in [-0.25, -0.2) is 4.98 Å². The lowest BCUT2D eigenvalue weighted by atomic mass is 10.1. The number of aryl methyl sites for hydroxylation is 2. The third-order valence-corrected chi connectivity index (χ3v) is 3.76. The quantitative estimate of drug-likeness (QED) is 0.670. The molecule has 0 amide bonds. The molecule has 108 valence electrons. The van der Waals surface area contributed by atoms with Crippen LogP contribution in [0.4, 0.5) is 0 Å². The highest BCUT2D eigenvalue weighted by Crippen LogP contribution is 2.24. The summed E-state index contributed by atoms with van der Waals surface area (Å²) in [5, 5.41) is 0. The van der Waals surface area contributed by atoms with Crippen LogP contribution in [0.5, 0.6) is 0 Å². The van der Waals surface area contributed by atoms with Crippen molar-refractivity contribution in [3.05, 3.63) is 59.4 Å². The Hall–Kier alpha value is -2.09. The van der Waals surface area contributed by atoms with Gasteiger partial charge in [0.15, 0.2) is 0 Å². The summed E-state index contributed by atoms with van der Waals surface area (Å²) in [6.45, 7) is 8.73. The van der Waals surface area contributed by atoms with Crippen LogP contribution in [-0.4, -0.2) is 9.55 Å². The number of imidazole rings is 1. The average molecular weight is 278 g/mol. The molecule has 1 heterocycles. The van der Waals surface area contributed by atoms with E-state index < -0.39 is 0 Å². The highest BCUT2D eigenvalue weighted by Gasteiger charge is 2.13. The number of aromatic nitrogens is 2. The molecule has 0 atom stereocenters. The Balaban J connectivity index is 2.25. The fourth-order valence-electron chi connectivity index (χ4n) is 2.72. The zero-order valence-electron chi connectivity index (χ0n) is 13.2. The fraction of sp³-hybridized carbons (Fsp3) is 0.316. The van der Waals surface area contributed by atoms with Gasteiger partial charge in [-0.3, -0.25) is 4.57 Å². The first-order valence-electron chi connectivity index (χ1n) is 7.59. The fourth-order valence-corrected chi connectivity index (χ4v) is 2.72. The second-order valence-electron chi connectivity index (χ2n) is 6.29. The lowest BCUT2D eigenvalue weighted by Gasteiger charge is -2.11. The van der Waals surface area contributed by atoms with E-state index in [1.807, 2.05) is 0 Å². The van der Waals surface area contributed by atoms with E-state index in [1.165, 1.54) is 22.3 Å². The third-order valence-electron chi connectivity index (χ3n) is 3.76. The molecule has 0 saturated carbocycles. The van der Waals surface area contributed by atoms with Gasteiger partial charge < -0.3 is 0 Å². The van der Waals surface area contributed by atoms with Gasteiger partial charge in [-0.05, 0) is 49.6 Å². The van der Waals surface area contributed by atoms with Crippen LogP contribution < -0.4 is 0 Å². The van der Waals surface area contributed by atoms with E-state index in [-0.39, 0.29) is 0 Å². The molecule has 2 nitrogen and oxygen atoms in total. The Bertz CT molecular complexity index is 764. The van der Waals surface area contributed by atoms with Gasteiger partial charge in [0.05, 0.1) is 11.0 Å². The van der Waals surface area contributed by atoms with E-state index in [9.17, 15) is 0 Å². The first kappa shape index (κ1) is 13.9. The Morgan fingerprint density at radius 2 is 1.62 bits per heavy atom. The normalized spacial score (nSPS) is 11.5. The molecule has 0 N–H and O–H groups in total. The van der Waals surface area contributed by atoms with Crippen molar-refractivity contribution in [2.24, 2.45) is 5.92 Å². The summed E-state index contributed by atoms with van der Waals surface area (Å²) in [4.78, 5) is 4.86. The Labute approximate surface area is 126 Å². The first-order valence-corrected chi connectivity index (χ1v) is 7.59. The molecule has 0 bridgehead atoms. The van der Waals surface area contributed by atoms with Gasteiger partial charge in [0.25, 0.3) is 0 Å². The molecule has 0 aliphatic carbocycles. The number of benzene rings is 2. The zero-order valence-corrected chi connectivity index (χ0v) is 13.2. The highest BCUT2D eigenvalue weighted by atomic mass is 15.1. The van der Waals surface area contributed by atoms with Crippen molar-refractivity contribution in [3.8, 4) is 5.69 Å². The molecule has 0 fully saturated rings. The molecular weight excluding hydrogens is 256 g/mol. The van der Waals surface area contributed by atoms with E-state index in [2.05, 4.69) is 74.7 Å². The number of hydrogen-bond acceptors (Lipinski definition) is 1. The van der Waals surface area contributed by atoms with Gasteiger partial charge in [0.2, 0.25) is 0 Å². The predicted octanol–water partition coefficient (Wildman–Crippen LogP) is 4.84. The molecule has 0 spiro atoms. The van der Waals surface area contributed by atoms with Crippen molar-refractivity contribution < 1.29 is 0 Å². The third kappa shape index (κ3) is 2.71. The molecule has 1 aromatic heterocycles. The maximum atomic E-state index is 4.86. The standard InChI is InChI=1S/C19H22N2/c1-13(2)11-19-20-17-10-7-15(4)12-18(17)21(19)16-8-5-14(3)6-9-16/h5-10,12-13H,11H2,1-4H3. The van der Waals surface area contributed by atoms with Gasteiger partial charge in [-0.15, -0.1) is 0 Å². The van der Waals surface area contributed by atoms with Crippen molar-refractivity contribution >= 4 is 11.0 Å². The van der Waals surface area contributed by atoms with Crippen molar-refractivity contribution in [1.82, 2.24) is 9.55 Å². The van der Waals surface area contributed by atoms with Crippen LogP contribution >= 0.6 is 0 Å². The number of hydrogen-bond donors (Lipinski definition) is 0. The summed E-state index contributed by atoms with van der Waals surface area (Å²) in [5.41, 5.74) is 6.03. The van der Waals surface area contributed by atoms with Crippen molar-refractivity contribution in [2.75, 3.05) is 0 Å². The maximum absolute atomic E-state index is 4.86. The van der Waals surface area contributed by atoms with Crippen LogP contribution in [0.3, 0.4) is 0 Å². The van der Waals surface area contributed by atoms with Gasteiger partial charge >= 0.3 is 0 Å². The molecule has 0 aliphatic heterocycles. The molecule has 3 rings (SSSR count). The average Bonchev–Trinajstić information content (AvgIpc) is 2.76. The topological polar surface area (TPSA) is 17.8 Å². The van der Waals surface area contributed by atoms with Crippen LogP contribution in [0.2, 0.25) is 0 Å². The molecule has 0 aliphatic rings. The Morgan fingerprint density at radius 3 is 2.29 bits per heavy atom. The smallest absolute Gasteiger partial charge is 0.114 e. The zero-order chi connectivity index (χ0) is 15.0. The summed E-state index contributed by atoms with van der Waals surface area (Å²) in [6, 6.07) is 15.2. The minimum Gasteiger partial charge on any atom is -0.296 e. The maximum Gasteiger partial charge on any atom is 0.114 e. The van der Waals surface area contributed by atoms with Crippen LogP contribution in [-0.2, 0) is 6.42 Å². The summed E-state index contributed by atoms with van der Waals surface area (Å²) >= 11 is 0. The van der Waals surface area contributed by atoms with E-state index in [0.717, 1.165) is 17.8 Å². The summed E-state index contributed by atoms with van der Waals surface area (Å²) in [7, 11) is 0. The first-order chi connectivity index (χ1) is 10.0. The SMILES string of the molecule is Cc1ccc(-n2c(CC(C)C)nc3ccc(C)cc32)cc1. The van der Waals surface area contributed by atoms with Gasteiger partial charge in [0, 0.05) is 12.1 Å². The second-order valence-corrected chi connectivity index (χ2v) is 6.29. The largest absolute Gasteiger partial charge is 0.296 e. The van der Waals surface area contributed by atoms with Gasteiger partial charge in [0.1, 0.15) is 5.82 Å². The van der Waals surface area contributed by atoms with Crippen molar-refractivity contribution in [2.45, 2.75) is 34.1 Å². The number of nitrogens with zero attached hydrogens (tertiary/aromatic N) is 2. The van der Waals surface area contributed by atoms with E-state index in [4.69, 9.17) is 4.98 Å². The predicted molar refractivity (Wildman–Crippen MR) is 89.1 cm³/mol. The Kier molecular flexibility index (Phi) is 3.54.